The molecule has 3 amide bonds. The van der Waals surface area contributed by atoms with Crippen LogP contribution in [0.1, 0.15) is 22.3 Å². The zero-order valence-corrected chi connectivity index (χ0v) is 18.0. The fourth-order valence-corrected chi connectivity index (χ4v) is 3.39. The van der Waals surface area contributed by atoms with E-state index in [1.54, 1.807) is 37.4 Å². The van der Waals surface area contributed by atoms with Crippen molar-refractivity contribution < 1.29 is 34.1 Å². The summed E-state index contributed by atoms with van der Waals surface area (Å²) < 4.78 is 5.69. The number of carboxylic acid groups (broad SMARTS) is 1. The number of aliphatic carboxylic acids is 1. The molecule has 33 heavy (non-hydrogen) atoms. The highest BCUT2D eigenvalue weighted by molar-refractivity contribution is 6.00. The average molecular weight is 455 g/mol. The van der Waals surface area contributed by atoms with Crippen LogP contribution in [0.4, 0.5) is 0 Å². The molecule has 2 aromatic rings. The van der Waals surface area contributed by atoms with Crippen LogP contribution in [0.25, 0.3) is 0 Å². The summed E-state index contributed by atoms with van der Waals surface area (Å²) in [6.45, 7) is 0.267. The highest BCUT2D eigenvalue weighted by atomic mass is 16.5. The second-order valence-electron chi connectivity index (χ2n) is 7.66. The smallest absolute Gasteiger partial charge is 0.326 e. The third kappa shape index (κ3) is 6.22. The molecule has 0 unspecified atom stereocenters. The van der Waals surface area contributed by atoms with E-state index in [4.69, 9.17) is 4.74 Å². The lowest BCUT2D eigenvalue weighted by atomic mass is 10.0. The molecule has 10 heteroatoms. The van der Waals surface area contributed by atoms with Crippen molar-refractivity contribution in [3.8, 4) is 11.5 Å². The maximum Gasteiger partial charge on any atom is 0.326 e. The molecule has 0 saturated heterocycles. The van der Waals surface area contributed by atoms with Crippen molar-refractivity contribution in [3.63, 3.8) is 0 Å². The maximum atomic E-state index is 13.1. The minimum absolute atomic E-state index is 0.0645. The molecule has 0 radical (unpaired) electrons. The number of nitrogens with zero attached hydrogens (tertiary/aromatic N) is 1. The summed E-state index contributed by atoms with van der Waals surface area (Å²) in [4.78, 5) is 51.5. The van der Waals surface area contributed by atoms with Crippen molar-refractivity contribution in [1.82, 2.24) is 15.5 Å². The summed E-state index contributed by atoms with van der Waals surface area (Å²) >= 11 is 0. The Morgan fingerprint density at radius 3 is 2.48 bits per heavy atom. The van der Waals surface area contributed by atoms with E-state index in [0.717, 1.165) is 0 Å². The van der Waals surface area contributed by atoms with Crippen LogP contribution in [0, 0.1) is 0 Å². The summed E-state index contributed by atoms with van der Waals surface area (Å²) in [7, 11) is 1.56. The van der Waals surface area contributed by atoms with Gasteiger partial charge in [0.05, 0.1) is 18.5 Å². The Labute approximate surface area is 190 Å². The van der Waals surface area contributed by atoms with Crippen LogP contribution in [0.3, 0.4) is 0 Å². The van der Waals surface area contributed by atoms with Gasteiger partial charge >= 0.3 is 5.97 Å². The molecule has 0 bridgehead atoms. The van der Waals surface area contributed by atoms with Crippen LogP contribution < -0.4 is 15.4 Å². The Bertz CT molecular complexity index is 1040. The number of para-hydroxylation sites is 1. The van der Waals surface area contributed by atoms with Crippen LogP contribution in [-0.4, -0.2) is 71.1 Å². The lowest BCUT2D eigenvalue weighted by Crippen LogP contribution is -2.51. The number of fused-ring (bicyclic) bond motifs is 1. The number of aromatic hydroxyl groups is 1. The van der Waals surface area contributed by atoms with E-state index in [1.807, 2.05) is 0 Å². The number of rotatable bonds is 3. The molecule has 3 rings (SSSR count). The van der Waals surface area contributed by atoms with E-state index in [0.29, 0.717) is 5.56 Å². The van der Waals surface area contributed by atoms with Crippen molar-refractivity contribution in [2.75, 3.05) is 20.2 Å². The van der Waals surface area contributed by atoms with Gasteiger partial charge < -0.3 is 30.5 Å². The van der Waals surface area contributed by atoms with Gasteiger partial charge in [-0.3, -0.25) is 14.4 Å². The van der Waals surface area contributed by atoms with E-state index in [1.165, 1.54) is 23.1 Å². The van der Waals surface area contributed by atoms with Gasteiger partial charge in [-0.15, -0.1) is 0 Å². The summed E-state index contributed by atoms with van der Waals surface area (Å²) in [6.07, 6.45) is -0.434. The molecule has 0 saturated carbocycles. The van der Waals surface area contributed by atoms with Gasteiger partial charge in [0.15, 0.2) is 0 Å². The fourth-order valence-electron chi connectivity index (χ4n) is 3.39. The first-order chi connectivity index (χ1) is 15.7. The quantitative estimate of drug-likeness (QED) is 0.529. The molecule has 1 heterocycles. The standard InChI is InChI=1S/C23H25N3O7/c1-26-10-11-33-19-5-3-2-4-16(19)21(29)25-18(23(31)32)13-20(28)24-17(22(26)30)12-14-6-8-15(27)9-7-14/h2-9,17-18,27H,10-13H2,1H3,(H,24,28)(H,25,29)(H,31,32)/t17-,18-/m0/s1. The Morgan fingerprint density at radius 1 is 1.09 bits per heavy atom. The first-order valence-electron chi connectivity index (χ1n) is 10.3. The molecule has 10 nitrogen and oxygen atoms in total. The third-order valence-corrected chi connectivity index (χ3v) is 5.19. The molecule has 1 aliphatic rings. The van der Waals surface area contributed by atoms with E-state index >= 15 is 0 Å². The van der Waals surface area contributed by atoms with E-state index in [2.05, 4.69) is 10.6 Å². The summed E-state index contributed by atoms with van der Waals surface area (Å²) in [5.74, 6) is -2.86. The van der Waals surface area contributed by atoms with Crippen LogP contribution in [0.5, 0.6) is 11.5 Å². The number of nitrogens with one attached hydrogen (secondary N) is 2. The number of carboxylic acids is 1. The number of carbonyl (C=O) groups is 4. The Kier molecular flexibility index (Phi) is 7.50. The number of hydrogen-bond donors (Lipinski definition) is 4. The normalized spacial score (nSPS) is 20.0. The van der Waals surface area contributed by atoms with Gasteiger partial charge in [-0.25, -0.2) is 4.79 Å². The van der Waals surface area contributed by atoms with Crippen LogP contribution in [0.15, 0.2) is 48.5 Å². The first kappa shape index (κ1) is 23.6. The molecule has 4 N–H and O–H groups in total. The minimum atomic E-state index is -1.50. The monoisotopic (exact) mass is 455 g/mol. The van der Waals surface area contributed by atoms with Crippen molar-refractivity contribution in [1.29, 1.82) is 0 Å². The predicted octanol–water partition coefficient (Wildman–Crippen LogP) is 0.544. The highest BCUT2D eigenvalue weighted by Crippen LogP contribution is 2.19. The molecule has 174 valence electrons. The maximum absolute atomic E-state index is 13.1. The number of hydrogen-bond acceptors (Lipinski definition) is 6. The fraction of sp³-hybridized carbons (Fsp3) is 0.304. The number of phenolic OH excluding ortho intramolecular Hbond substituents is 1. The summed E-state index contributed by atoms with van der Waals surface area (Å²) in [5.41, 5.74) is 0.814. The van der Waals surface area contributed by atoms with Crippen LogP contribution in [-0.2, 0) is 20.8 Å². The van der Waals surface area contributed by atoms with Crippen molar-refractivity contribution in [3.05, 3.63) is 59.7 Å². The molecule has 2 atom stereocenters. The van der Waals surface area contributed by atoms with Gasteiger partial charge in [0.1, 0.15) is 30.2 Å². The second kappa shape index (κ2) is 10.5. The van der Waals surface area contributed by atoms with E-state index in [9.17, 15) is 29.4 Å². The largest absolute Gasteiger partial charge is 0.508 e. The lowest BCUT2D eigenvalue weighted by molar-refractivity contribution is -0.141. The predicted molar refractivity (Wildman–Crippen MR) is 117 cm³/mol. The molecule has 0 aromatic heterocycles. The zero-order valence-electron chi connectivity index (χ0n) is 18.0. The highest BCUT2D eigenvalue weighted by Gasteiger charge is 2.29. The number of ether oxygens (including phenoxy) is 1. The van der Waals surface area contributed by atoms with E-state index < -0.39 is 36.3 Å². The van der Waals surface area contributed by atoms with Crippen LogP contribution in [0.2, 0.25) is 0 Å². The third-order valence-electron chi connectivity index (χ3n) is 5.19. The van der Waals surface area contributed by atoms with Crippen molar-refractivity contribution in [2.24, 2.45) is 0 Å². The second-order valence-corrected chi connectivity index (χ2v) is 7.66. The SMILES string of the molecule is CN1CCOc2ccccc2C(=O)N[C@H](C(=O)O)CC(=O)N[C@@H](Cc2ccc(O)cc2)C1=O. The Morgan fingerprint density at radius 2 is 1.79 bits per heavy atom. The van der Waals surface area contributed by atoms with Gasteiger partial charge in [-0.1, -0.05) is 24.3 Å². The van der Waals surface area contributed by atoms with Crippen LogP contribution >= 0.6 is 0 Å². The van der Waals surface area contributed by atoms with Gasteiger partial charge in [-0.05, 0) is 29.8 Å². The van der Waals surface area contributed by atoms with Crippen molar-refractivity contribution >= 4 is 23.7 Å². The lowest BCUT2D eigenvalue weighted by Gasteiger charge is -2.26. The van der Waals surface area contributed by atoms with Gasteiger partial charge in [0.25, 0.3) is 5.91 Å². The number of carbonyl (C=O) groups excluding carboxylic acids is 3. The topological polar surface area (TPSA) is 145 Å². The van der Waals surface area contributed by atoms with Crippen molar-refractivity contribution in [2.45, 2.75) is 24.9 Å². The Hall–Kier alpha value is -4.08. The molecule has 0 spiro atoms. The average Bonchev–Trinajstić information content (AvgIpc) is 2.78. The summed E-state index contributed by atoms with van der Waals surface area (Å²) in [5, 5.41) is 23.9. The molecule has 2 aromatic carbocycles. The molecule has 1 aliphatic heterocycles. The number of phenols is 1. The first-order valence-corrected chi connectivity index (χ1v) is 10.3. The molecule has 0 fully saturated rings. The molecular formula is C23H25N3O7. The Balaban J connectivity index is 1.88. The number of likely N-dealkylation sites (N-methyl/N-ethyl adjacent to an activating group) is 1. The van der Waals surface area contributed by atoms with E-state index in [-0.39, 0.29) is 42.5 Å². The molecule has 0 aliphatic carbocycles. The minimum Gasteiger partial charge on any atom is -0.508 e. The molecular weight excluding hydrogens is 430 g/mol. The van der Waals surface area contributed by atoms with Gasteiger partial charge in [-0.2, -0.15) is 0 Å². The van der Waals surface area contributed by atoms with Gasteiger partial charge in [0, 0.05) is 13.5 Å². The summed E-state index contributed by atoms with van der Waals surface area (Å²) in [6, 6.07) is 10.0. The van der Waals surface area contributed by atoms with Gasteiger partial charge in [0.2, 0.25) is 11.8 Å². The zero-order chi connectivity index (χ0) is 24.0. The number of benzene rings is 2. The number of amides is 3.